The Morgan fingerprint density at radius 1 is 0.912 bits per heavy atom. The maximum Gasteiger partial charge on any atom is 0.260 e. The first-order valence-electron chi connectivity index (χ1n) is 11.4. The smallest absolute Gasteiger partial charge is 0.260 e. The quantitative estimate of drug-likeness (QED) is 0.324. The van der Waals surface area contributed by atoms with Crippen LogP contribution in [-0.4, -0.2) is 36.1 Å². The molecule has 2 amide bonds. The van der Waals surface area contributed by atoms with Crippen LogP contribution in [-0.2, 0) is 11.3 Å². The second-order valence-electron chi connectivity index (χ2n) is 8.60. The molecular formula is C27H25N3O4. The molecule has 3 aromatic rings. The molecule has 34 heavy (non-hydrogen) atoms. The van der Waals surface area contributed by atoms with Gasteiger partial charge < -0.3 is 9.73 Å². The number of carbonyl (C=O) groups excluding carboxylic acids is 3. The lowest BCUT2D eigenvalue weighted by Crippen LogP contribution is -2.36. The van der Waals surface area contributed by atoms with Crippen LogP contribution in [0.3, 0.4) is 0 Å². The maximum absolute atomic E-state index is 12.6. The van der Waals surface area contributed by atoms with Crippen LogP contribution >= 0.6 is 0 Å². The van der Waals surface area contributed by atoms with Gasteiger partial charge in [-0.05, 0) is 67.9 Å². The predicted octanol–water partition coefficient (Wildman–Crippen LogP) is 4.47. The van der Waals surface area contributed by atoms with Gasteiger partial charge in [0.05, 0.1) is 5.57 Å². The Labute approximate surface area is 197 Å². The standard InChI is InChI=1S/C27H25N3O4/c31-17-21-9-11-25(34-21)19-6-10-22-23(14-19)24(27(33)29-26(22)32)15-28-20-7-4-18(5-8-20)16-30-12-2-1-3-13-30/h4-11,14-15,17,28H,1-3,12-13,16H2,(H,29,32,33). The minimum Gasteiger partial charge on any atom is -0.453 e. The highest BCUT2D eigenvalue weighted by molar-refractivity contribution is 6.31. The molecule has 7 nitrogen and oxygen atoms in total. The van der Waals surface area contributed by atoms with Gasteiger partial charge in [-0.1, -0.05) is 24.6 Å². The number of nitrogens with zero attached hydrogens (tertiary/aromatic N) is 1. The topological polar surface area (TPSA) is 91.7 Å². The second-order valence-corrected chi connectivity index (χ2v) is 8.60. The Balaban J connectivity index is 1.37. The molecule has 1 saturated heterocycles. The molecule has 0 aliphatic carbocycles. The molecule has 2 N–H and O–H groups in total. The molecule has 1 fully saturated rings. The minimum atomic E-state index is -0.475. The molecule has 5 rings (SSSR count). The number of rotatable bonds is 6. The van der Waals surface area contributed by atoms with Gasteiger partial charge in [-0.2, -0.15) is 0 Å². The van der Waals surface area contributed by atoms with Crippen molar-refractivity contribution in [2.24, 2.45) is 0 Å². The van der Waals surface area contributed by atoms with Crippen LogP contribution in [0.5, 0.6) is 0 Å². The van der Waals surface area contributed by atoms with Crippen molar-refractivity contribution in [1.29, 1.82) is 0 Å². The number of imide groups is 1. The molecule has 2 aromatic carbocycles. The largest absolute Gasteiger partial charge is 0.453 e. The number of amides is 2. The third-order valence-electron chi connectivity index (χ3n) is 6.25. The van der Waals surface area contributed by atoms with Crippen LogP contribution in [0.15, 0.2) is 65.2 Å². The molecule has 7 heteroatoms. The molecule has 0 saturated carbocycles. The molecule has 0 spiro atoms. The van der Waals surface area contributed by atoms with Crippen molar-refractivity contribution in [2.75, 3.05) is 18.4 Å². The Bertz CT molecular complexity index is 1270. The van der Waals surface area contributed by atoms with E-state index in [0.717, 1.165) is 25.3 Å². The van der Waals surface area contributed by atoms with E-state index in [1.165, 1.54) is 24.8 Å². The molecule has 0 bridgehead atoms. The summed E-state index contributed by atoms with van der Waals surface area (Å²) < 4.78 is 5.50. The molecule has 2 aliphatic rings. The number of carbonyl (C=O) groups is 3. The van der Waals surface area contributed by atoms with Crippen molar-refractivity contribution in [3.63, 3.8) is 0 Å². The Morgan fingerprint density at radius 2 is 1.71 bits per heavy atom. The first kappa shape index (κ1) is 21.9. The summed E-state index contributed by atoms with van der Waals surface area (Å²) in [6, 6.07) is 16.5. The fourth-order valence-corrected chi connectivity index (χ4v) is 4.43. The molecule has 0 radical (unpaired) electrons. The first-order chi connectivity index (χ1) is 16.6. The zero-order chi connectivity index (χ0) is 23.5. The normalized spacial score (nSPS) is 17.4. The molecule has 0 unspecified atom stereocenters. The van der Waals surface area contributed by atoms with Crippen molar-refractivity contribution in [3.8, 4) is 11.3 Å². The number of hydrogen-bond donors (Lipinski definition) is 2. The van der Waals surface area contributed by atoms with E-state index in [-0.39, 0.29) is 5.76 Å². The molecule has 1 aromatic heterocycles. The Morgan fingerprint density at radius 3 is 2.44 bits per heavy atom. The predicted molar refractivity (Wildman–Crippen MR) is 129 cm³/mol. The Kier molecular flexibility index (Phi) is 6.10. The number of anilines is 1. The summed E-state index contributed by atoms with van der Waals surface area (Å²) in [4.78, 5) is 38.4. The Hall–Kier alpha value is -3.97. The first-order valence-corrected chi connectivity index (χ1v) is 11.4. The van der Waals surface area contributed by atoms with Gasteiger partial charge in [-0.15, -0.1) is 0 Å². The summed E-state index contributed by atoms with van der Waals surface area (Å²) in [5, 5.41) is 5.57. The average molecular weight is 456 g/mol. The third-order valence-corrected chi connectivity index (χ3v) is 6.25. The zero-order valence-corrected chi connectivity index (χ0v) is 18.7. The monoisotopic (exact) mass is 455 g/mol. The number of benzene rings is 2. The van der Waals surface area contributed by atoms with Gasteiger partial charge in [-0.25, -0.2) is 0 Å². The van der Waals surface area contributed by atoms with Crippen molar-refractivity contribution < 1.29 is 18.8 Å². The summed E-state index contributed by atoms with van der Waals surface area (Å²) >= 11 is 0. The van der Waals surface area contributed by atoms with Gasteiger partial charge >= 0.3 is 0 Å². The number of likely N-dealkylation sites (tertiary alicyclic amines) is 1. The highest BCUT2D eigenvalue weighted by atomic mass is 16.3. The number of fused-ring (bicyclic) bond motifs is 1. The van der Waals surface area contributed by atoms with Gasteiger partial charge in [0.1, 0.15) is 5.76 Å². The van der Waals surface area contributed by atoms with E-state index in [9.17, 15) is 14.4 Å². The van der Waals surface area contributed by atoms with Gasteiger partial charge in [-0.3, -0.25) is 24.6 Å². The number of piperidine rings is 1. The van der Waals surface area contributed by atoms with Crippen LogP contribution in [0.2, 0.25) is 0 Å². The molecule has 172 valence electrons. The lowest BCUT2D eigenvalue weighted by molar-refractivity contribution is -0.114. The second kappa shape index (κ2) is 9.49. The van der Waals surface area contributed by atoms with Gasteiger partial charge in [0, 0.05) is 35.1 Å². The summed E-state index contributed by atoms with van der Waals surface area (Å²) in [5.41, 5.74) is 4.02. The van der Waals surface area contributed by atoms with Crippen LogP contribution < -0.4 is 10.6 Å². The van der Waals surface area contributed by atoms with Crippen molar-refractivity contribution in [3.05, 3.63) is 83.2 Å². The fraction of sp³-hybridized carbons (Fsp3) is 0.222. The summed E-state index contributed by atoms with van der Waals surface area (Å²) in [5.74, 6) is -0.224. The lowest BCUT2D eigenvalue weighted by Gasteiger charge is -2.26. The minimum absolute atomic E-state index is 0.211. The fourth-order valence-electron chi connectivity index (χ4n) is 4.43. The van der Waals surface area contributed by atoms with E-state index in [1.807, 2.05) is 12.1 Å². The van der Waals surface area contributed by atoms with E-state index in [4.69, 9.17) is 4.42 Å². The highest BCUT2D eigenvalue weighted by Crippen LogP contribution is 2.30. The molecule has 2 aliphatic heterocycles. The molecule has 3 heterocycles. The van der Waals surface area contributed by atoms with E-state index >= 15 is 0 Å². The number of aldehydes is 1. The molecule has 0 atom stereocenters. The van der Waals surface area contributed by atoms with Gasteiger partial charge in [0.25, 0.3) is 11.8 Å². The summed E-state index contributed by atoms with van der Waals surface area (Å²) in [6.07, 6.45) is 6.09. The van der Waals surface area contributed by atoms with Crippen molar-refractivity contribution >= 4 is 29.4 Å². The van der Waals surface area contributed by atoms with Crippen LogP contribution in [0, 0.1) is 0 Å². The number of hydrogen-bond acceptors (Lipinski definition) is 6. The highest BCUT2D eigenvalue weighted by Gasteiger charge is 2.28. The summed E-state index contributed by atoms with van der Waals surface area (Å²) in [7, 11) is 0. The lowest BCUT2D eigenvalue weighted by atomic mass is 9.93. The van der Waals surface area contributed by atoms with E-state index in [0.29, 0.717) is 34.3 Å². The van der Waals surface area contributed by atoms with E-state index < -0.39 is 11.8 Å². The SMILES string of the molecule is O=Cc1ccc(-c2ccc3c(c2)C(=CNc2ccc(CN4CCCCC4)cc2)C(=O)NC3=O)o1. The maximum atomic E-state index is 12.6. The van der Waals surface area contributed by atoms with Crippen molar-refractivity contribution in [1.82, 2.24) is 10.2 Å². The van der Waals surface area contributed by atoms with Gasteiger partial charge in [0.15, 0.2) is 12.0 Å². The van der Waals surface area contributed by atoms with Crippen LogP contribution in [0.1, 0.15) is 51.3 Å². The van der Waals surface area contributed by atoms with Gasteiger partial charge in [0.2, 0.25) is 0 Å². The number of furan rings is 1. The van der Waals surface area contributed by atoms with E-state index in [1.54, 1.807) is 36.5 Å². The zero-order valence-electron chi connectivity index (χ0n) is 18.7. The summed E-state index contributed by atoms with van der Waals surface area (Å²) in [6.45, 7) is 3.24. The molecular weight excluding hydrogens is 430 g/mol. The van der Waals surface area contributed by atoms with Crippen molar-refractivity contribution in [2.45, 2.75) is 25.8 Å². The van der Waals surface area contributed by atoms with E-state index in [2.05, 4.69) is 27.7 Å². The average Bonchev–Trinajstić information content (AvgIpc) is 3.35. The van der Waals surface area contributed by atoms with Crippen LogP contribution in [0.25, 0.3) is 16.9 Å². The third kappa shape index (κ3) is 4.56. The number of nitrogens with one attached hydrogen (secondary N) is 2. The van der Waals surface area contributed by atoms with Crippen LogP contribution in [0.4, 0.5) is 5.69 Å².